The first-order valence-corrected chi connectivity index (χ1v) is 7.47. The number of nitro benzene ring substituents is 1. The SMILES string of the molecule is CC(=NCc1ccccc1)c1c(O)c2cc([N+](=O)[O-])ccc2oc1=O. The molecule has 2 aromatic carbocycles. The number of rotatable bonds is 4. The van der Waals surface area contributed by atoms with Crippen LogP contribution in [0.3, 0.4) is 0 Å². The topological polar surface area (TPSA) is 106 Å². The molecule has 0 aliphatic carbocycles. The van der Waals surface area contributed by atoms with Crippen molar-refractivity contribution in [3.63, 3.8) is 0 Å². The number of fused-ring (bicyclic) bond motifs is 1. The minimum absolute atomic E-state index is 0.0766. The largest absolute Gasteiger partial charge is 0.506 e. The molecule has 0 saturated carbocycles. The normalized spacial score (nSPS) is 11.6. The summed E-state index contributed by atoms with van der Waals surface area (Å²) in [7, 11) is 0. The lowest BCUT2D eigenvalue weighted by Gasteiger charge is -2.06. The molecule has 25 heavy (non-hydrogen) atoms. The smallest absolute Gasteiger partial charge is 0.349 e. The summed E-state index contributed by atoms with van der Waals surface area (Å²) in [6.45, 7) is 1.91. The number of aromatic hydroxyl groups is 1. The third-order valence-electron chi connectivity index (χ3n) is 3.78. The van der Waals surface area contributed by atoms with Gasteiger partial charge >= 0.3 is 5.63 Å². The monoisotopic (exact) mass is 338 g/mol. The van der Waals surface area contributed by atoms with Crippen LogP contribution in [-0.4, -0.2) is 15.7 Å². The van der Waals surface area contributed by atoms with Gasteiger partial charge in [0.25, 0.3) is 5.69 Å². The Morgan fingerprint density at radius 3 is 2.64 bits per heavy atom. The van der Waals surface area contributed by atoms with Crippen molar-refractivity contribution in [1.82, 2.24) is 0 Å². The van der Waals surface area contributed by atoms with E-state index in [0.717, 1.165) is 5.56 Å². The minimum atomic E-state index is -0.742. The molecular formula is C18H14N2O5. The lowest BCUT2D eigenvalue weighted by Crippen LogP contribution is -2.13. The van der Waals surface area contributed by atoms with Gasteiger partial charge in [-0.2, -0.15) is 0 Å². The Morgan fingerprint density at radius 2 is 1.96 bits per heavy atom. The second kappa shape index (κ2) is 6.56. The molecule has 0 radical (unpaired) electrons. The average Bonchev–Trinajstić information content (AvgIpc) is 2.60. The lowest BCUT2D eigenvalue weighted by atomic mass is 10.1. The first-order chi connectivity index (χ1) is 12.0. The van der Waals surface area contributed by atoms with E-state index in [-0.39, 0.29) is 28.0 Å². The number of benzene rings is 2. The summed E-state index contributed by atoms with van der Waals surface area (Å²) >= 11 is 0. The van der Waals surface area contributed by atoms with Gasteiger partial charge in [0, 0.05) is 12.1 Å². The van der Waals surface area contributed by atoms with Crippen molar-refractivity contribution in [3.8, 4) is 5.75 Å². The molecule has 126 valence electrons. The van der Waals surface area contributed by atoms with Crippen LogP contribution >= 0.6 is 0 Å². The molecule has 1 N–H and O–H groups in total. The van der Waals surface area contributed by atoms with Gasteiger partial charge in [0.2, 0.25) is 0 Å². The summed E-state index contributed by atoms with van der Waals surface area (Å²) in [5.74, 6) is -0.371. The Morgan fingerprint density at radius 1 is 1.24 bits per heavy atom. The van der Waals surface area contributed by atoms with Crippen molar-refractivity contribution in [1.29, 1.82) is 0 Å². The fourth-order valence-corrected chi connectivity index (χ4v) is 2.48. The van der Waals surface area contributed by atoms with E-state index in [2.05, 4.69) is 4.99 Å². The zero-order chi connectivity index (χ0) is 18.0. The highest BCUT2D eigenvalue weighted by molar-refractivity contribution is 6.04. The molecule has 1 aromatic heterocycles. The molecule has 0 atom stereocenters. The van der Waals surface area contributed by atoms with E-state index in [1.807, 2.05) is 30.3 Å². The highest BCUT2D eigenvalue weighted by Crippen LogP contribution is 2.30. The second-order valence-electron chi connectivity index (χ2n) is 5.44. The predicted octanol–water partition coefficient (Wildman–Crippen LogP) is 3.42. The molecule has 0 aliphatic rings. The van der Waals surface area contributed by atoms with Crippen molar-refractivity contribution >= 4 is 22.4 Å². The van der Waals surface area contributed by atoms with Gasteiger partial charge in [-0.1, -0.05) is 30.3 Å². The average molecular weight is 338 g/mol. The van der Waals surface area contributed by atoms with Crippen LogP contribution in [0, 0.1) is 10.1 Å². The fourth-order valence-electron chi connectivity index (χ4n) is 2.48. The first kappa shape index (κ1) is 16.4. The maximum Gasteiger partial charge on any atom is 0.349 e. The van der Waals surface area contributed by atoms with Gasteiger partial charge in [-0.05, 0) is 18.6 Å². The zero-order valence-electron chi connectivity index (χ0n) is 13.3. The van der Waals surface area contributed by atoms with Crippen LogP contribution in [0.2, 0.25) is 0 Å². The maximum absolute atomic E-state index is 12.2. The number of non-ortho nitro benzene ring substituents is 1. The Hall–Kier alpha value is -3.48. The molecule has 0 aliphatic heterocycles. The van der Waals surface area contributed by atoms with E-state index in [1.54, 1.807) is 6.92 Å². The number of nitro groups is 1. The third-order valence-corrected chi connectivity index (χ3v) is 3.78. The summed E-state index contributed by atoms with van der Waals surface area (Å²) in [6, 6.07) is 13.1. The first-order valence-electron chi connectivity index (χ1n) is 7.47. The van der Waals surface area contributed by atoms with Crippen LogP contribution in [-0.2, 0) is 6.54 Å². The molecular weight excluding hydrogens is 324 g/mol. The molecule has 0 unspecified atom stereocenters. The van der Waals surface area contributed by atoms with Gasteiger partial charge in [0.15, 0.2) is 0 Å². The van der Waals surface area contributed by atoms with Crippen molar-refractivity contribution in [2.75, 3.05) is 0 Å². The van der Waals surface area contributed by atoms with Crippen molar-refractivity contribution < 1.29 is 14.4 Å². The highest BCUT2D eigenvalue weighted by atomic mass is 16.6. The molecule has 1 heterocycles. The Kier molecular flexibility index (Phi) is 4.30. The van der Waals surface area contributed by atoms with Gasteiger partial charge in [-0.15, -0.1) is 0 Å². The zero-order valence-corrected chi connectivity index (χ0v) is 13.3. The minimum Gasteiger partial charge on any atom is -0.506 e. The molecule has 7 nitrogen and oxygen atoms in total. The van der Waals surface area contributed by atoms with Crippen molar-refractivity contribution in [2.45, 2.75) is 13.5 Å². The maximum atomic E-state index is 12.2. The molecule has 7 heteroatoms. The standard InChI is InChI=1S/C18H14N2O5/c1-11(19-10-12-5-3-2-4-6-12)16-17(21)14-9-13(20(23)24)7-8-15(14)25-18(16)22/h2-9,21H,10H2,1H3. The van der Waals surface area contributed by atoms with E-state index >= 15 is 0 Å². The summed E-state index contributed by atoms with van der Waals surface area (Å²) < 4.78 is 5.16. The molecule has 3 rings (SSSR count). The van der Waals surface area contributed by atoms with Crippen LogP contribution in [0.1, 0.15) is 18.1 Å². The van der Waals surface area contributed by atoms with Crippen LogP contribution < -0.4 is 5.63 Å². The van der Waals surface area contributed by atoms with Gasteiger partial charge in [0.1, 0.15) is 16.9 Å². The summed E-state index contributed by atoms with van der Waals surface area (Å²) in [5.41, 5.74) is 0.275. The van der Waals surface area contributed by atoms with Crippen LogP contribution in [0.25, 0.3) is 11.0 Å². The lowest BCUT2D eigenvalue weighted by molar-refractivity contribution is -0.384. The van der Waals surface area contributed by atoms with Crippen LogP contribution in [0.5, 0.6) is 5.75 Å². The number of nitrogens with zero attached hydrogens (tertiary/aromatic N) is 2. The van der Waals surface area contributed by atoms with Crippen molar-refractivity contribution in [2.24, 2.45) is 4.99 Å². The number of aliphatic imine (C=N–C) groups is 1. The van der Waals surface area contributed by atoms with E-state index in [4.69, 9.17) is 4.42 Å². The Bertz CT molecular complexity index is 1040. The van der Waals surface area contributed by atoms with Gasteiger partial charge in [0.05, 0.1) is 22.6 Å². The Labute approximate surface area is 142 Å². The molecule has 0 fully saturated rings. The number of hydrogen-bond acceptors (Lipinski definition) is 6. The molecule has 0 spiro atoms. The van der Waals surface area contributed by atoms with Gasteiger partial charge in [-0.25, -0.2) is 4.79 Å². The van der Waals surface area contributed by atoms with Crippen LogP contribution in [0.4, 0.5) is 5.69 Å². The number of hydrogen-bond donors (Lipinski definition) is 1. The molecule has 0 amide bonds. The molecule has 3 aromatic rings. The fraction of sp³-hybridized carbons (Fsp3) is 0.111. The van der Waals surface area contributed by atoms with Gasteiger partial charge < -0.3 is 9.52 Å². The predicted molar refractivity (Wildman–Crippen MR) is 93.2 cm³/mol. The summed E-state index contributed by atoms with van der Waals surface area (Å²) in [5, 5.41) is 21.4. The summed E-state index contributed by atoms with van der Waals surface area (Å²) in [6.07, 6.45) is 0. The van der Waals surface area contributed by atoms with Crippen LogP contribution in [0.15, 0.2) is 62.7 Å². The quantitative estimate of drug-likeness (QED) is 0.339. The van der Waals surface area contributed by atoms with E-state index in [1.165, 1.54) is 18.2 Å². The summed E-state index contributed by atoms with van der Waals surface area (Å²) in [4.78, 5) is 26.8. The van der Waals surface area contributed by atoms with Crippen molar-refractivity contribution in [3.05, 3.63) is 80.2 Å². The van der Waals surface area contributed by atoms with E-state index < -0.39 is 10.5 Å². The van der Waals surface area contributed by atoms with E-state index in [0.29, 0.717) is 12.3 Å². The second-order valence-corrected chi connectivity index (χ2v) is 5.44. The molecule has 0 bridgehead atoms. The van der Waals surface area contributed by atoms with Gasteiger partial charge in [-0.3, -0.25) is 15.1 Å². The van der Waals surface area contributed by atoms with E-state index in [9.17, 15) is 20.0 Å². The third kappa shape index (κ3) is 3.25. The highest BCUT2D eigenvalue weighted by Gasteiger charge is 2.18. The molecule has 0 saturated heterocycles. The Balaban J connectivity index is 2.08.